The predicted octanol–water partition coefficient (Wildman–Crippen LogP) is 3.41. The fourth-order valence-electron chi connectivity index (χ4n) is 7.05. The van der Waals surface area contributed by atoms with Crippen LogP contribution in [0.25, 0.3) is 0 Å². The van der Waals surface area contributed by atoms with E-state index in [1.165, 1.54) is 19.3 Å². The molecule has 1 aromatic rings. The molecular formula is C30H41FN4O3. The van der Waals surface area contributed by atoms with Gasteiger partial charge in [0, 0.05) is 56.8 Å². The van der Waals surface area contributed by atoms with Crippen LogP contribution in [0.1, 0.15) is 79.8 Å². The molecule has 1 saturated carbocycles. The van der Waals surface area contributed by atoms with Crippen molar-refractivity contribution in [2.75, 3.05) is 39.3 Å². The van der Waals surface area contributed by atoms with Gasteiger partial charge in [0.1, 0.15) is 11.8 Å². The fraction of sp³-hybridized carbons (Fsp3) is 0.667. The predicted molar refractivity (Wildman–Crippen MR) is 143 cm³/mol. The minimum atomic E-state index is -1.15. The minimum absolute atomic E-state index is 0.0259. The van der Waals surface area contributed by atoms with Gasteiger partial charge < -0.3 is 14.9 Å². The Morgan fingerprint density at radius 1 is 0.921 bits per heavy atom. The zero-order valence-electron chi connectivity index (χ0n) is 22.3. The number of benzene rings is 1. The second-order valence-corrected chi connectivity index (χ2v) is 12.1. The van der Waals surface area contributed by atoms with Crippen LogP contribution in [0.2, 0.25) is 0 Å². The van der Waals surface area contributed by atoms with Crippen LogP contribution >= 0.6 is 0 Å². The number of rotatable bonds is 4. The van der Waals surface area contributed by atoms with E-state index in [1.54, 1.807) is 9.80 Å². The van der Waals surface area contributed by atoms with Gasteiger partial charge in [-0.05, 0) is 62.6 Å². The number of piperidine rings is 1. The molecule has 3 saturated heterocycles. The number of fused-ring (bicyclic) bond motifs is 1. The van der Waals surface area contributed by atoms with E-state index in [-0.39, 0.29) is 23.5 Å². The Labute approximate surface area is 225 Å². The van der Waals surface area contributed by atoms with Crippen LogP contribution in [0, 0.1) is 5.92 Å². The maximum absolute atomic E-state index is 14.5. The number of carbonyl (C=O) groups is 2. The van der Waals surface area contributed by atoms with Crippen LogP contribution in [-0.2, 0) is 4.79 Å². The summed E-state index contributed by atoms with van der Waals surface area (Å²) in [6.07, 6.45) is 12.4. The topological polar surface area (TPSA) is 76.1 Å². The van der Waals surface area contributed by atoms with Crippen molar-refractivity contribution in [1.82, 2.24) is 20.0 Å². The number of aliphatic hydroxyl groups is 1. The molecule has 4 unspecified atom stereocenters. The standard InChI is InChI=1S/C30H41FN4O3/c31-25-12-13-30(24-6-4-2-1-3-5-7-24)32-26(21-35(30)20-25)22-8-10-23(11-9-22)27(36)33-16-18-34(19-17-33)28(37)29(38)14-15-29/h4,6,8-11,24-26,32,38H,1-3,5,7,12-21H2/b6-4-. The Balaban J connectivity index is 1.12. The Morgan fingerprint density at radius 3 is 2.39 bits per heavy atom. The number of alkyl halides is 1. The van der Waals surface area contributed by atoms with Crippen molar-refractivity contribution in [2.45, 2.75) is 81.3 Å². The van der Waals surface area contributed by atoms with Crippen LogP contribution in [-0.4, -0.2) is 88.3 Å². The summed E-state index contributed by atoms with van der Waals surface area (Å²) in [5, 5.41) is 14.1. The quantitative estimate of drug-likeness (QED) is 0.591. The third-order valence-electron chi connectivity index (χ3n) is 9.55. The monoisotopic (exact) mass is 524 g/mol. The number of hydrogen-bond donors (Lipinski definition) is 2. The first kappa shape index (κ1) is 26.0. The highest BCUT2D eigenvalue weighted by Crippen LogP contribution is 2.44. The molecule has 7 nitrogen and oxygen atoms in total. The van der Waals surface area contributed by atoms with E-state index in [4.69, 9.17) is 0 Å². The zero-order valence-corrected chi connectivity index (χ0v) is 22.3. The van der Waals surface area contributed by atoms with Crippen molar-refractivity contribution in [3.8, 4) is 0 Å². The number of allylic oxidation sites excluding steroid dienone is 1. The highest BCUT2D eigenvalue weighted by Gasteiger charge is 2.52. The molecule has 5 aliphatic rings. The summed E-state index contributed by atoms with van der Waals surface area (Å²) >= 11 is 0. The molecule has 2 aliphatic carbocycles. The van der Waals surface area contributed by atoms with Crippen molar-refractivity contribution in [1.29, 1.82) is 0 Å². The molecule has 3 heterocycles. The summed E-state index contributed by atoms with van der Waals surface area (Å²) in [5.41, 5.74) is 0.431. The lowest BCUT2D eigenvalue weighted by molar-refractivity contribution is -0.143. The third kappa shape index (κ3) is 4.91. The molecule has 2 N–H and O–H groups in total. The highest BCUT2D eigenvalue weighted by molar-refractivity contribution is 5.94. The fourth-order valence-corrected chi connectivity index (χ4v) is 7.05. The summed E-state index contributed by atoms with van der Waals surface area (Å²) in [5.74, 6) is 0.162. The molecule has 0 spiro atoms. The molecule has 2 amide bonds. The number of piperazine rings is 1. The molecule has 0 aromatic heterocycles. The molecule has 206 valence electrons. The summed E-state index contributed by atoms with van der Waals surface area (Å²) in [4.78, 5) is 31.4. The number of halogens is 1. The second-order valence-electron chi connectivity index (χ2n) is 12.1. The maximum Gasteiger partial charge on any atom is 0.254 e. The lowest BCUT2D eigenvalue weighted by Crippen LogP contribution is -2.60. The molecule has 38 heavy (non-hydrogen) atoms. The van der Waals surface area contributed by atoms with Gasteiger partial charge in [-0.15, -0.1) is 0 Å². The molecule has 3 aliphatic heterocycles. The van der Waals surface area contributed by atoms with Crippen molar-refractivity contribution < 1.29 is 19.1 Å². The molecule has 8 heteroatoms. The summed E-state index contributed by atoms with van der Waals surface area (Å²) in [7, 11) is 0. The Morgan fingerprint density at radius 2 is 1.66 bits per heavy atom. The van der Waals surface area contributed by atoms with Gasteiger partial charge in [-0.1, -0.05) is 37.1 Å². The lowest BCUT2D eigenvalue weighted by Gasteiger charge is -2.48. The first-order valence-electron chi connectivity index (χ1n) is 14.6. The summed E-state index contributed by atoms with van der Waals surface area (Å²) in [6, 6.07) is 8.00. The molecule has 4 fully saturated rings. The van der Waals surface area contributed by atoms with Crippen LogP contribution in [0.15, 0.2) is 36.4 Å². The SMILES string of the molecule is O=C(c1ccc(C2CN3CC(F)CCC3(C3/C=C\CCCCC3)N2)cc1)N1CCN(C(=O)C2(O)CC2)CC1. The number of amides is 2. The summed E-state index contributed by atoms with van der Waals surface area (Å²) in [6.45, 7) is 3.13. The van der Waals surface area contributed by atoms with E-state index in [2.05, 4.69) is 22.4 Å². The number of hydrogen-bond acceptors (Lipinski definition) is 5. The van der Waals surface area contributed by atoms with E-state index in [0.717, 1.165) is 31.4 Å². The molecule has 0 radical (unpaired) electrons. The number of nitrogens with zero attached hydrogens (tertiary/aromatic N) is 3. The maximum atomic E-state index is 14.5. The molecule has 4 atom stereocenters. The van der Waals surface area contributed by atoms with Gasteiger partial charge in [-0.2, -0.15) is 0 Å². The first-order chi connectivity index (χ1) is 18.4. The van der Waals surface area contributed by atoms with Crippen LogP contribution in [0.4, 0.5) is 4.39 Å². The molecule has 6 rings (SSSR count). The van der Waals surface area contributed by atoms with Gasteiger partial charge in [0.15, 0.2) is 0 Å². The van der Waals surface area contributed by atoms with E-state index in [1.807, 2.05) is 24.3 Å². The van der Waals surface area contributed by atoms with Crippen LogP contribution in [0.3, 0.4) is 0 Å². The van der Waals surface area contributed by atoms with Gasteiger partial charge in [0.05, 0.1) is 5.66 Å². The average Bonchev–Trinajstić information content (AvgIpc) is 3.56. The van der Waals surface area contributed by atoms with Crippen LogP contribution < -0.4 is 5.32 Å². The van der Waals surface area contributed by atoms with Crippen LogP contribution in [0.5, 0.6) is 0 Å². The normalized spacial score (nSPS) is 34.2. The summed E-state index contributed by atoms with van der Waals surface area (Å²) < 4.78 is 14.5. The highest BCUT2D eigenvalue weighted by atomic mass is 19.1. The van der Waals surface area contributed by atoms with E-state index >= 15 is 0 Å². The molecular weight excluding hydrogens is 483 g/mol. The van der Waals surface area contributed by atoms with Crippen molar-refractivity contribution in [2.24, 2.45) is 5.92 Å². The minimum Gasteiger partial charge on any atom is -0.380 e. The van der Waals surface area contributed by atoms with Gasteiger partial charge in [0.25, 0.3) is 11.8 Å². The van der Waals surface area contributed by atoms with Crippen molar-refractivity contribution in [3.05, 3.63) is 47.5 Å². The van der Waals surface area contributed by atoms with E-state index in [0.29, 0.717) is 63.5 Å². The van der Waals surface area contributed by atoms with Crippen molar-refractivity contribution in [3.63, 3.8) is 0 Å². The van der Waals surface area contributed by atoms with Gasteiger partial charge >= 0.3 is 0 Å². The molecule has 0 bridgehead atoms. The third-order valence-corrected chi connectivity index (χ3v) is 9.55. The first-order valence-corrected chi connectivity index (χ1v) is 14.6. The zero-order chi connectivity index (χ0) is 26.3. The Hall–Kier alpha value is -2.29. The van der Waals surface area contributed by atoms with Gasteiger partial charge in [-0.3, -0.25) is 19.8 Å². The van der Waals surface area contributed by atoms with E-state index in [9.17, 15) is 19.1 Å². The van der Waals surface area contributed by atoms with Gasteiger partial charge in [-0.25, -0.2) is 4.39 Å². The molecule has 1 aromatic carbocycles. The largest absolute Gasteiger partial charge is 0.380 e. The van der Waals surface area contributed by atoms with Gasteiger partial charge in [0.2, 0.25) is 0 Å². The Kier molecular flexibility index (Phi) is 7.08. The number of nitrogens with one attached hydrogen (secondary N) is 1. The Bertz CT molecular complexity index is 1070. The second kappa shape index (κ2) is 10.4. The van der Waals surface area contributed by atoms with E-state index < -0.39 is 11.8 Å². The lowest BCUT2D eigenvalue weighted by atomic mass is 9.79. The van der Waals surface area contributed by atoms with Crippen molar-refractivity contribution >= 4 is 11.8 Å². The number of carbonyl (C=O) groups excluding carboxylic acids is 2. The smallest absolute Gasteiger partial charge is 0.254 e. The average molecular weight is 525 g/mol.